The number of fused-ring (bicyclic) bond motifs is 2. The van der Waals surface area contributed by atoms with Gasteiger partial charge in [0.25, 0.3) is 11.8 Å². The smallest absolute Gasteiger partial charge is 0.355 e. The van der Waals surface area contributed by atoms with Crippen LogP contribution in [0.15, 0.2) is 72.0 Å². The molecular weight excluding hydrogens is 941 g/mol. The third kappa shape index (κ3) is 10.9. The second kappa shape index (κ2) is 22.3. The molecule has 19 heteroatoms. The molecule has 1 unspecified atom stereocenters. The number of pyridine rings is 1. The molecule has 2 aromatic heterocycles. The number of unbranched alkanes of at least 4 members (excludes halogenated alkanes) is 7. The van der Waals surface area contributed by atoms with E-state index in [1.54, 1.807) is 36.9 Å². The minimum Gasteiger partial charge on any atom is -0.507 e. The van der Waals surface area contributed by atoms with Gasteiger partial charge in [-0.1, -0.05) is 69.4 Å². The summed E-state index contributed by atoms with van der Waals surface area (Å²) in [6.07, 6.45) is 9.29. The van der Waals surface area contributed by atoms with Crippen molar-refractivity contribution < 1.29 is 42.7 Å². The van der Waals surface area contributed by atoms with Crippen molar-refractivity contribution in [1.82, 2.24) is 35.0 Å². The van der Waals surface area contributed by atoms with Gasteiger partial charge in [0.2, 0.25) is 23.6 Å². The summed E-state index contributed by atoms with van der Waals surface area (Å²) in [7, 11) is 0. The number of aromatic hydroxyl groups is 1. The van der Waals surface area contributed by atoms with E-state index in [4.69, 9.17) is 0 Å². The van der Waals surface area contributed by atoms with Gasteiger partial charge >= 0.3 is 5.69 Å². The summed E-state index contributed by atoms with van der Waals surface area (Å²) in [5.41, 5.74) is 1.83. The Bertz CT molecular complexity index is 3060. The Morgan fingerprint density at radius 2 is 1.56 bits per heavy atom. The second-order valence-corrected chi connectivity index (χ2v) is 18.9. The maximum atomic E-state index is 16.2. The molecule has 5 aromatic rings. The molecule has 5 heterocycles. The van der Waals surface area contributed by atoms with Crippen molar-refractivity contribution in [2.75, 3.05) is 36.4 Å². The fourth-order valence-electron chi connectivity index (χ4n) is 10.2. The Kier molecular flexibility index (Phi) is 15.7. The topological polar surface area (TPSA) is 216 Å². The number of hydrogen-bond donors (Lipinski definition) is 4. The lowest BCUT2D eigenvalue weighted by atomic mass is 10.0. The number of piperidine rings is 1. The molecule has 3 aliphatic heterocycles. The molecule has 0 bridgehead atoms. The van der Waals surface area contributed by atoms with Crippen LogP contribution in [-0.4, -0.2) is 103 Å². The van der Waals surface area contributed by atoms with Crippen LogP contribution in [0.1, 0.15) is 115 Å². The van der Waals surface area contributed by atoms with E-state index in [1.807, 2.05) is 24.0 Å². The highest BCUT2D eigenvalue weighted by molar-refractivity contribution is 6.25. The van der Waals surface area contributed by atoms with Gasteiger partial charge < -0.3 is 25.5 Å². The molecule has 3 aliphatic rings. The Morgan fingerprint density at radius 3 is 2.25 bits per heavy atom. The van der Waals surface area contributed by atoms with Crippen LogP contribution >= 0.6 is 0 Å². The van der Waals surface area contributed by atoms with Crippen molar-refractivity contribution in [3.05, 3.63) is 117 Å². The maximum Gasteiger partial charge on any atom is 0.355 e. The van der Waals surface area contributed by atoms with Crippen LogP contribution in [0.3, 0.4) is 0 Å². The Morgan fingerprint density at radius 1 is 0.863 bits per heavy atom. The molecular formula is C54H59F2N9O8. The number of aromatic nitrogens is 3. The van der Waals surface area contributed by atoms with Gasteiger partial charge in [-0.3, -0.25) is 39.0 Å². The van der Waals surface area contributed by atoms with Crippen LogP contribution in [0.4, 0.5) is 20.3 Å². The number of phenolic OH excluding ortho intramolecular Hbond substituents is 1. The molecule has 3 aromatic carbocycles. The number of hydrogen-bond acceptors (Lipinski definition) is 12. The average Bonchev–Trinajstić information content (AvgIpc) is 3.61. The molecule has 6 amide bonds. The van der Waals surface area contributed by atoms with E-state index >= 15 is 8.78 Å². The lowest BCUT2D eigenvalue weighted by molar-refractivity contribution is -0.136. The SMILES string of the molecule is C=CC(=O)N1CCN(c2nc(=O)n(-c3c(C)cc(CNC(=O)CCCCCCCCCCNc4cccc5c4C(=O)N(C4CCC(=O)NC4=O)C5=O)cc3C)c3nc(-c4c(O)cccc4F)c(F)cc23)[C@@H](C)C1. The average molecular weight is 1000 g/mol. The van der Waals surface area contributed by atoms with E-state index in [9.17, 15) is 38.7 Å². The van der Waals surface area contributed by atoms with Gasteiger partial charge in [0.15, 0.2) is 11.5 Å². The number of phenols is 1. The zero-order valence-electron chi connectivity index (χ0n) is 41.2. The normalized spacial score (nSPS) is 16.8. The minimum absolute atomic E-state index is 0.0130. The van der Waals surface area contributed by atoms with Crippen molar-refractivity contribution in [2.24, 2.45) is 0 Å². The van der Waals surface area contributed by atoms with Crippen molar-refractivity contribution >= 4 is 58.0 Å². The van der Waals surface area contributed by atoms with Gasteiger partial charge in [-0.15, -0.1) is 0 Å². The lowest BCUT2D eigenvalue weighted by Gasteiger charge is -2.40. The van der Waals surface area contributed by atoms with Crippen LogP contribution in [0.2, 0.25) is 0 Å². The number of amides is 6. The van der Waals surface area contributed by atoms with E-state index in [2.05, 4.69) is 32.5 Å². The molecule has 17 nitrogen and oxygen atoms in total. The van der Waals surface area contributed by atoms with E-state index in [0.717, 1.165) is 74.0 Å². The van der Waals surface area contributed by atoms with Gasteiger partial charge in [0.1, 0.15) is 29.1 Å². The summed E-state index contributed by atoms with van der Waals surface area (Å²) in [5.74, 6) is -4.69. The largest absolute Gasteiger partial charge is 0.507 e. The number of nitrogens with one attached hydrogen (secondary N) is 3. The standard InChI is InChI=1S/C54H59F2N9O8/c1-5-44(69)62-24-25-63(33(4)30-62)49-36-28-38(56)47(46-37(55)17-15-19-41(46)66)60-50(36)65(54(73)61-49)48-31(2)26-34(27-32(48)3)29-58-42(67)20-12-10-8-6-7-9-11-13-23-57-39-18-14-16-35-45(39)53(72)64(52(35)71)40-21-22-43(68)59-51(40)70/h5,14-19,26-28,33,40,57,66H,1,6-13,20-25,29-30H2,2-4H3,(H,58,67)(H,59,68,70)/t33-,40?/m0/s1. The highest BCUT2D eigenvalue weighted by atomic mass is 19.1. The second-order valence-electron chi connectivity index (χ2n) is 18.9. The number of anilines is 2. The van der Waals surface area contributed by atoms with Crippen LogP contribution in [0.5, 0.6) is 5.75 Å². The molecule has 0 radical (unpaired) electrons. The fraction of sp³-hybridized carbons (Fsp3) is 0.389. The fourth-order valence-corrected chi connectivity index (χ4v) is 10.2. The Hall–Kier alpha value is -7.83. The van der Waals surface area contributed by atoms with Crippen LogP contribution in [0.25, 0.3) is 28.0 Å². The number of carbonyl (C=O) groups is 6. The summed E-state index contributed by atoms with van der Waals surface area (Å²) in [6, 6.07) is 12.1. The van der Waals surface area contributed by atoms with Gasteiger partial charge in [-0.05, 0) is 93.1 Å². The predicted octanol–water partition coefficient (Wildman–Crippen LogP) is 6.91. The first kappa shape index (κ1) is 51.5. The van der Waals surface area contributed by atoms with Gasteiger partial charge in [-0.25, -0.2) is 23.1 Å². The first-order valence-electron chi connectivity index (χ1n) is 24.8. The number of rotatable bonds is 19. The van der Waals surface area contributed by atoms with Crippen molar-refractivity contribution in [2.45, 2.75) is 110 Å². The summed E-state index contributed by atoms with van der Waals surface area (Å²) < 4.78 is 32.6. The minimum atomic E-state index is -1.02. The van der Waals surface area contributed by atoms with E-state index < -0.39 is 64.0 Å². The highest BCUT2D eigenvalue weighted by Gasteiger charge is 2.45. The molecule has 2 fully saturated rings. The first-order chi connectivity index (χ1) is 35.1. The Balaban J connectivity index is 0.826. The van der Waals surface area contributed by atoms with Gasteiger partial charge in [-0.2, -0.15) is 4.98 Å². The molecule has 2 atom stereocenters. The zero-order chi connectivity index (χ0) is 52.1. The summed E-state index contributed by atoms with van der Waals surface area (Å²) in [6.45, 7) is 10.7. The highest BCUT2D eigenvalue weighted by Crippen LogP contribution is 2.37. The molecule has 0 spiro atoms. The first-order valence-corrected chi connectivity index (χ1v) is 24.8. The Labute approximate surface area is 420 Å². The van der Waals surface area contributed by atoms with E-state index in [1.165, 1.54) is 22.8 Å². The number of carbonyl (C=O) groups excluding carboxylic acids is 6. The number of halogens is 2. The predicted molar refractivity (Wildman–Crippen MR) is 270 cm³/mol. The quantitative estimate of drug-likeness (QED) is 0.0377. The molecule has 2 saturated heterocycles. The van der Waals surface area contributed by atoms with Crippen LogP contribution in [-0.2, 0) is 25.7 Å². The van der Waals surface area contributed by atoms with Crippen molar-refractivity contribution in [1.29, 1.82) is 0 Å². The number of nitrogens with zero attached hydrogens (tertiary/aromatic N) is 6. The van der Waals surface area contributed by atoms with Crippen molar-refractivity contribution in [3.63, 3.8) is 0 Å². The monoisotopic (exact) mass is 999 g/mol. The van der Waals surface area contributed by atoms with Crippen molar-refractivity contribution in [3.8, 4) is 22.7 Å². The molecule has 382 valence electrons. The van der Waals surface area contributed by atoms with E-state index in [-0.39, 0.29) is 71.8 Å². The molecule has 0 aliphatic carbocycles. The number of benzene rings is 3. The number of imide groups is 2. The summed E-state index contributed by atoms with van der Waals surface area (Å²) in [5, 5.41) is 19.3. The third-order valence-corrected chi connectivity index (χ3v) is 13.8. The van der Waals surface area contributed by atoms with Crippen LogP contribution < -0.4 is 26.5 Å². The van der Waals surface area contributed by atoms with Gasteiger partial charge in [0, 0.05) is 57.3 Å². The molecule has 4 N–H and O–H groups in total. The summed E-state index contributed by atoms with van der Waals surface area (Å²) in [4.78, 5) is 104. The van der Waals surface area contributed by atoms with E-state index in [0.29, 0.717) is 48.6 Å². The third-order valence-electron chi connectivity index (χ3n) is 13.8. The maximum absolute atomic E-state index is 16.2. The molecule has 73 heavy (non-hydrogen) atoms. The lowest BCUT2D eigenvalue weighted by Crippen LogP contribution is -2.54. The van der Waals surface area contributed by atoms with Crippen LogP contribution in [0, 0.1) is 25.5 Å². The number of aryl methyl sites for hydroxylation is 2. The van der Waals surface area contributed by atoms with Gasteiger partial charge in [0.05, 0.1) is 27.8 Å². The molecule has 8 rings (SSSR count). The zero-order valence-corrected chi connectivity index (χ0v) is 41.2. The molecule has 0 saturated carbocycles. The summed E-state index contributed by atoms with van der Waals surface area (Å²) >= 11 is 0. The number of piperazine rings is 1.